The third-order valence-electron chi connectivity index (χ3n) is 2.90. The van der Waals surface area contributed by atoms with Crippen molar-refractivity contribution in [2.75, 3.05) is 20.1 Å². The molecule has 1 aromatic heterocycles. The SMILES string of the molecule is CCN(CC(=O)NC)C(=O)NCc1cc(C(=O)O)c(C)o1. The summed E-state index contributed by atoms with van der Waals surface area (Å²) in [6, 6.07) is 0.944. The Bertz CT molecular complexity index is 538. The van der Waals surface area contributed by atoms with Gasteiger partial charge in [0, 0.05) is 13.6 Å². The van der Waals surface area contributed by atoms with E-state index in [4.69, 9.17) is 9.52 Å². The van der Waals surface area contributed by atoms with Crippen molar-refractivity contribution in [2.24, 2.45) is 0 Å². The van der Waals surface area contributed by atoms with Crippen LogP contribution in [0.15, 0.2) is 10.5 Å². The molecule has 0 atom stereocenters. The molecule has 0 saturated heterocycles. The molecule has 0 radical (unpaired) electrons. The van der Waals surface area contributed by atoms with Gasteiger partial charge in [-0.25, -0.2) is 9.59 Å². The van der Waals surface area contributed by atoms with Gasteiger partial charge < -0.3 is 25.1 Å². The maximum absolute atomic E-state index is 11.9. The molecular formula is C13H19N3O5. The molecule has 0 spiro atoms. The number of nitrogens with one attached hydrogen (secondary N) is 2. The molecule has 8 heteroatoms. The molecule has 0 fully saturated rings. The standard InChI is InChI=1S/C13H19N3O5/c1-4-16(7-11(17)14-3)13(20)15-6-9-5-10(12(18)19)8(2)21-9/h5H,4,6-7H2,1-3H3,(H,14,17)(H,15,20)(H,18,19). The van der Waals surface area contributed by atoms with Gasteiger partial charge in [-0.2, -0.15) is 0 Å². The lowest BCUT2D eigenvalue weighted by Crippen LogP contribution is -2.44. The smallest absolute Gasteiger partial charge is 0.339 e. The van der Waals surface area contributed by atoms with E-state index >= 15 is 0 Å². The summed E-state index contributed by atoms with van der Waals surface area (Å²) >= 11 is 0. The molecule has 0 aliphatic rings. The fraction of sp³-hybridized carbons (Fsp3) is 0.462. The number of hydrogen-bond donors (Lipinski definition) is 3. The molecule has 1 heterocycles. The van der Waals surface area contributed by atoms with Crippen molar-refractivity contribution in [1.29, 1.82) is 0 Å². The molecule has 0 aliphatic carbocycles. The largest absolute Gasteiger partial charge is 0.478 e. The first-order valence-corrected chi connectivity index (χ1v) is 6.45. The Morgan fingerprint density at radius 3 is 2.52 bits per heavy atom. The van der Waals surface area contributed by atoms with Gasteiger partial charge in [0.05, 0.1) is 6.54 Å². The fourth-order valence-electron chi connectivity index (χ4n) is 1.70. The van der Waals surface area contributed by atoms with E-state index in [9.17, 15) is 14.4 Å². The first-order valence-electron chi connectivity index (χ1n) is 6.45. The van der Waals surface area contributed by atoms with E-state index in [1.807, 2.05) is 0 Å². The highest BCUT2D eigenvalue weighted by Gasteiger charge is 2.17. The molecule has 0 aromatic carbocycles. The molecule has 3 amide bonds. The molecule has 0 bridgehead atoms. The van der Waals surface area contributed by atoms with Crippen LogP contribution in [0.2, 0.25) is 0 Å². The quantitative estimate of drug-likeness (QED) is 0.710. The molecule has 1 rings (SSSR count). The number of nitrogens with zero attached hydrogens (tertiary/aromatic N) is 1. The minimum Gasteiger partial charge on any atom is -0.478 e. The van der Waals surface area contributed by atoms with Crippen LogP contribution in [0.1, 0.15) is 28.8 Å². The number of urea groups is 1. The Morgan fingerprint density at radius 2 is 2.05 bits per heavy atom. The Kier molecular flexibility index (Phi) is 5.77. The summed E-state index contributed by atoms with van der Waals surface area (Å²) in [5.41, 5.74) is 0.0666. The molecular weight excluding hydrogens is 278 g/mol. The first kappa shape index (κ1) is 16.5. The number of furan rings is 1. The maximum Gasteiger partial charge on any atom is 0.339 e. The summed E-state index contributed by atoms with van der Waals surface area (Å²) in [7, 11) is 1.49. The topological polar surface area (TPSA) is 112 Å². The number of carboxylic acid groups (broad SMARTS) is 1. The summed E-state index contributed by atoms with van der Waals surface area (Å²) in [6.45, 7) is 3.67. The predicted molar refractivity (Wildman–Crippen MR) is 74.0 cm³/mol. The predicted octanol–water partition coefficient (Wildman–Crippen LogP) is 0.564. The number of rotatable bonds is 6. The number of carbonyl (C=O) groups excluding carboxylic acids is 2. The molecule has 0 unspecified atom stereocenters. The second-order valence-corrected chi connectivity index (χ2v) is 4.33. The fourth-order valence-corrected chi connectivity index (χ4v) is 1.70. The van der Waals surface area contributed by atoms with Crippen molar-refractivity contribution < 1.29 is 23.9 Å². The number of likely N-dealkylation sites (N-methyl/N-ethyl adjacent to an activating group) is 2. The Labute approximate surface area is 122 Å². The average Bonchev–Trinajstić information content (AvgIpc) is 2.83. The Balaban J connectivity index is 2.61. The summed E-state index contributed by atoms with van der Waals surface area (Å²) in [6.07, 6.45) is 0. The van der Waals surface area contributed by atoms with Crippen molar-refractivity contribution in [3.05, 3.63) is 23.2 Å². The van der Waals surface area contributed by atoms with E-state index in [1.54, 1.807) is 13.8 Å². The molecule has 8 nitrogen and oxygen atoms in total. The van der Waals surface area contributed by atoms with Gasteiger partial charge in [-0.15, -0.1) is 0 Å². The van der Waals surface area contributed by atoms with E-state index in [-0.39, 0.29) is 30.3 Å². The van der Waals surface area contributed by atoms with Crippen molar-refractivity contribution in [3.8, 4) is 0 Å². The van der Waals surface area contributed by atoms with Crippen molar-refractivity contribution in [1.82, 2.24) is 15.5 Å². The molecule has 3 N–H and O–H groups in total. The van der Waals surface area contributed by atoms with Gasteiger partial charge in [-0.05, 0) is 19.9 Å². The van der Waals surface area contributed by atoms with Crippen LogP contribution in [0, 0.1) is 6.92 Å². The number of amides is 3. The van der Waals surface area contributed by atoms with Crippen LogP contribution in [0.3, 0.4) is 0 Å². The summed E-state index contributed by atoms with van der Waals surface area (Å²) < 4.78 is 5.25. The van der Waals surface area contributed by atoms with Crippen molar-refractivity contribution in [3.63, 3.8) is 0 Å². The van der Waals surface area contributed by atoms with Crippen LogP contribution < -0.4 is 10.6 Å². The van der Waals surface area contributed by atoms with E-state index in [1.165, 1.54) is 18.0 Å². The zero-order chi connectivity index (χ0) is 16.0. The third-order valence-corrected chi connectivity index (χ3v) is 2.90. The normalized spacial score (nSPS) is 10.0. The lowest BCUT2D eigenvalue weighted by Gasteiger charge is -2.19. The van der Waals surface area contributed by atoms with Crippen LogP contribution in [0.25, 0.3) is 0 Å². The highest BCUT2D eigenvalue weighted by molar-refractivity contribution is 5.88. The summed E-state index contributed by atoms with van der Waals surface area (Å²) in [5, 5.41) is 13.9. The highest BCUT2D eigenvalue weighted by atomic mass is 16.4. The molecule has 0 saturated carbocycles. The van der Waals surface area contributed by atoms with Gasteiger partial charge >= 0.3 is 12.0 Å². The molecule has 116 valence electrons. The third kappa shape index (κ3) is 4.51. The summed E-state index contributed by atoms with van der Waals surface area (Å²) in [4.78, 5) is 35.4. The number of aromatic carboxylic acids is 1. The minimum absolute atomic E-state index is 0.0452. The van der Waals surface area contributed by atoms with Gasteiger partial charge in [-0.1, -0.05) is 0 Å². The van der Waals surface area contributed by atoms with Gasteiger partial charge in [0.2, 0.25) is 5.91 Å². The number of carbonyl (C=O) groups is 3. The summed E-state index contributed by atoms with van der Waals surface area (Å²) in [5.74, 6) is -0.726. The first-order chi connectivity index (χ1) is 9.88. The van der Waals surface area contributed by atoms with E-state index in [0.29, 0.717) is 12.3 Å². The van der Waals surface area contributed by atoms with Crippen LogP contribution in [0.4, 0.5) is 4.79 Å². The minimum atomic E-state index is -1.08. The van der Waals surface area contributed by atoms with E-state index in [0.717, 1.165) is 0 Å². The number of hydrogen-bond acceptors (Lipinski definition) is 4. The second-order valence-electron chi connectivity index (χ2n) is 4.33. The lowest BCUT2D eigenvalue weighted by molar-refractivity contribution is -0.121. The van der Waals surface area contributed by atoms with Gasteiger partial charge in [0.15, 0.2) is 0 Å². The zero-order valence-corrected chi connectivity index (χ0v) is 12.2. The monoisotopic (exact) mass is 297 g/mol. The van der Waals surface area contributed by atoms with Crippen molar-refractivity contribution >= 4 is 17.9 Å². The zero-order valence-electron chi connectivity index (χ0n) is 12.2. The Hall–Kier alpha value is -2.51. The van der Waals surface area contributed by atoms with Gasteiger partial charge in [0.1, 0.15) is 23.6 Å². The van der Waals surface area contributed by atoms with Crippen LogP contribution in [0.5, 0.6) is 0 Å². The number of carboxylic acids is 1. The maximum atomic E-state index is 11.9. The van der Waals surface area contributed by atoms with Gasteiger partial charge in [0.25, 0.3) is 0 Å². The second kappa shape index (κ2) is 7.32. The molecule has 0 aliphatic heterocycles. The highest BCUT2D eigenvalue weighted by Crippen LogP contribution is 2.14. The van der Waals surface area contributed by atoms with Crippen molar-refractivity contribution in [2.45, 2.75) is 20.4 Å². The van der Waals surface area contributed by atoms with E-state index in [2.05, 4.69) is 10.6 Å². The lowest BCUT2D eigenvalue weighted by atomic mass is 10.2. The van der Waals surface area contributed by atoms with Crippen LogP contribution in [-0.2, 0) is 11.3 Å². The van der Waals surface area contributed by atoms with Crippen LogP contribution in [-0.4, -0.2) is 48.1 Å². The molecule has 1 aromatic rings. The number of aryl methyl sites for hydroxylation is 1. The Morgan fingerprint density at radius 1 is 1.38 bits per heavy atom. The van der Waals surface area contributed by atoms with Crippen LogP contribution >= 0.6 is 0 Å². The average molecular weight is 297 g/mol. The molecule has 21 heavy (non-hydrogen) atoms. The van der Waals surface area contributed by atoms with Gasteiger partial charge in [-0.3, -0.25) is 4.79 Å². The van der Waals surface area contributed by atoms with E-state index < -0.39 is 12.0 Å².